The Labute approximate surface area is 168 Å². The third-order valence-electron chi connectivity index (χ3n) is 3.96. The number of benzene rings is 1. The number of halogens is 2. The van der Waals surface area contributed by atoms with E-state index in [1.54, 1.807) is 29.1 Å². The topological polar surface area (TPSA) is 59.8 Å². The summed E-state index contributed by atoms with van der Waals surface area (Å²) < 4.78 is 1.65. The maximum Gasteiger partial charge on any atom is 0.229 e. The van der Waals surface area contributed by atoms with Crippen LogP contribution in [0, 0.1) is 0 Å². The molecule has 0 aliphatic carbocycles. The second-order valence-electron chi connectivity index (χ2n) is 7.24. The van der Waals surface area contributed by atoms with Crippen LogP contribution in [-0.4, -0.2) is 20.7 Å². The number of anilines is 1. The summed E-state index contributed by atoms with van der Waals surface area (Å²) in [6.07, 6.45) is 1.87. The van der Waals surface area contributed by atoms with E-state index in [1.807, 2.05) is 24.3 Å². The summed E-state index contributed by atoms with van der Waals surface area (Å²) in [5, 5.41) is 8.46. The van der Waals surface area contributed by atoms with Gasteiger partial charge in [0.2, 0.25) is 5.91 Å². The summed E-state index contributed by atoms with van der Waals surface area (Å²) >= 11 is 12.0. The molecule has 0 spiro atoms. The number of rotatable bonds is 4. The van der Waals surface area contributed by atoms with Crippen molar-refractivity contribution in [3.63, 3.8) is 0 Å². The number of pyridine rings is 1. The molecule has 0 aliphatic rings. The number of hydrogen-bond acceptors (Lipinski definition) is 3. The van der Waals surface area contributed by atoms with E-state index >= 15 is 0 Å². The van der Waals surface area contributed by atoms with E-state index in [1.165, 1.54) is 0 Å². The fourth-order valence-electron chi connectivity index (χ4n) is 2.51. The van der Waals surface area contributed by atoms with Crippen LogP contribution in [0.25, 0.3) is 5.82 Å². The highest BCUT2D eigenvalue weighted by atomic mass is 35.5. The minimum absolute atomic E-state index is 0.163. The second-order valence-corrected chi connectivity index (χ2v) is 8.05. The summed E-state index contributed by atoms with van der Waals surface area (Å²) in [4.78, 5) is 16.9. The van der Waals surface area contributed by atoms with Crippen LogP contribution in [0.1, 0.15) is 32.0 Å². The van der Waals surface area contributed by atoms with Crippen molar-refractivity contribution < 1.29 is 4.79 Å². The summed E-state index contributed by atoms with van der Waals surface area (Å²) in [5.41, 5.74) is 1.48. The van der Waals surface area contributed by atoms with E-state index in [9.17, 15) is 4.79 Å². The molecule has 2 aromatic heterocycles. The Morgan fingerprint density at radius 3 is 2.52 bits per heavy atom. The van der Waals surface area contributed by atoms with E-state index in [0.29, 0.717) is 21.7 Å². The lowest BCUT2D eigenvalue weighted by molar-refractivity contribution is -0.115. The second kappa shape index (κ2) is 7.71. The van der Waals surface area contributed by atoms with Crippen molar-refractivity contribution in [2.24, 2.45) is 0 Å². The largest absolute Gasteiger partial charge is 0.310 e. The van der Waals surface area contributed by atoms with Crippen LogP contribution in [0.2, 0.25) is 10.0 Å². The molecule has 0 saturated heterocycles. The van der Waals surface area contributed by atoms with Crippen molar-refractivity contribution in [1.82, 2.24) is 14.8 Å². The third kappa shape index (κ3) is 4.67. The predicted molar refractivity (Wildman–Crippen MR) is 109 cm³/mol. The lowest BCUT2D eigenvalue weighted by atomic mass is 9.92. The average Bonchev–Trinajstić information content (AvgIpc) is 3.03. The lowest BCUT2D eigenvalue weighted by Gasteiger charge is -2.13. The highest BCUT2D eigenvalue weighted by Crippen LogP contribution is 2.26. The van der Waals surface area contributed by atoms with E-state index in [0.717, 1.165) is 11.3 Å². The molecule has 27 heavy (non-hydrogen) atoms. The molecule has 7 heteroatoms. The molecule has 1 N–H and O–H groups in total. The van der Waals surface area contributed by atoms with Crippen molar-refractivity contribution in [2.45, 2.75) is 32.6 Å². The number of amides is 1. The van der Waals surface area contributed by atoms with Crippen molar-refractivity contribution in [3.05, 3.63) is 70.0 Å². The maximum atomic E-state index is 12.6. The molecule has 0 unspecified atom stereocenters. The first kappa shape index (κ1) is 19.4. The molecule has 140 valence electrons. The molecule has 3 aromatic rings. The molecule has 0 aliphatic heterocycles. The number of carbonyl (C=O) groups excluding carboxylic acids is 1. The normalized spacial score (nSPS) is 11.4. The molecule has 0 saturated carbocycles. The molecular formula is C20H20Cl2N4O. The minimum atomic E-state index is -0.175. The molecule has 1 aromatic carbocycles. The van der Waals surface area contributed by atoms with Gasteiger partial charge in [0.25, 0.3) is 0 Å². The van der Waals surface area contributed by atoms with Gasteiger partial charge in [0.05, 0.1) is 22.2 Å². The molecule has 1 amide bonds. The average molecular weight is 403 g/mol. The van der Waals surface area contributed by atoms with Crippen LogP contribution in [0.5, 0.6) is 0 Å². The van der Waals surface area contributed by atoms with Crippen LogP contribution >= 0.6 is 23.2 Å². The van der Waals surface area contributed by atoms with Crippen LogP contribution in [-0.2, 0) is 16.6 Å². The third-order valence-corrected chi connectivity index (χ3v) is 4.70. The quantitative estimate of drug-likeness (QED) is 0.663. The van der Waals surface area contributed by atoms with Gasteiger partial charge in [-0.1, -0.05) is 56.1 Å². The summed E-state index contributed by atoms with van der Waals surface area (Å²) in [6.45, 7) is 6.21. The minimum Gasteiger partial charge on any atom is -0.310 e. The zero-order valence-corrected chi connectivity index (χ0v) is 16.8. The Balaban J connectivity index is 1.87. The van der Waals surface area contributed by atoms with Gasteiger partial charge in [-0.2, -0.15) is 9.78 Å². The molecule has 3 rings (SSSR count). The molecule has 2 heterocycles. The van der Waals surface area contributed by atoms with Crippen LogP contribution < -0.4 is 5.32 Å². The lowest BCUT2D eigenvalue weighted by Crippen LogP contribution is -2.17. The first-order valence-electron chi connectivity index (χ1n) is 8.50. The van der Waals surface area contributed by atoms with Gasteiger partial charge < -0.3 is 5.32 Å². The fraction of sp³-hybridized carbons (Fsp3) is 0.250. The van der Waals surface area contributed by atoms with E-state index in [-0.39, 0.29) is 17.7 Å². The predicted octanol–water partition coefficient (Wildman–Crippen LogP) is 5.05. The van der Waals surface area contributed by atoms with Crippen LogP contribution in [0.4, 0.5) is 5.82 Å². The Hall–Kier alpha value is -2.37. The monoisotopic (exact) mass is 402 g/mol. The number of nitrogens with zero attached hydrogens (tertiary/aromatic N) is 3. The Morgan fingerprint density at radius 1 is 1.11 bits per heavy atom. The highest BCUT2D eigenvalue weighted by Gasteiger charge is 2.22. The van der Waals surface area contributed by atoms with E-state index < -0.39 is 0 Å². The Kier molecular flexibility index (Phi) is 5.53. The van der Waals surface area contributed by atoms with Crippen molar-refractivity contribution in [3.8, 4) is 5.82 Å². The summed E-state index contributed by atoms with van der Waals surface area (Å²) in [5.74, 6) is 1.03. The number of nitrogens with one attached hydrogen (secondary N) is 1. The number of hydrogen-bond donors (Lipinski definition) is 1. The van der Waals surface area contributed by atoms with Crippen molar-refractivity contribution in [1.29, 1.82) is 0 Å². The summed E-state index contributed by atoms with van der Waals surface area (Å²) in [7, 11) is 0. The maximum absolute atomic E-state index is 12.6. The van der Waals surface area contributed by atoms with Crippen LogP contribution in [0.3, 0.4) is 0 Å². The van der Waals surface area contributed by atoms with Gasteiger partial charge >= 0.3 is 0 Å². The first-order valence-corrected chi connectivity index (χ1v) is 9.25. The number of carbonyl (C=O) groups is 1. The van der Waals surface area contributed by atoms with Gasteiger partial charge in [-0.3, -0.25) is 4.79 Å². The highest BCUT2D eigenvalue weighted by molar-refractivity contribution is 6.42. The Bertz CT molecular complexity index is 962. The number of aromatic nitrogens is 3. The summed E-state index contributed by atoms with van der Waals surface area (Å²) in [6, 6.07) is 12.6. The van der Waals surface area contributed by atoms with Gasteiger partial charge in [0, 0.05) is 17.7 Å². The smallest absolute Gasteiger partial charge is 0.229 e. The van der Waals surface area contributed by atoms with Gasteiger partial charge in [0.15, 0.2) is 5.82 Å². The van der Waals surface area contributed by atoms with Gasteiger partial charge in [-0.15, -0.1) is 0 Å². The molecule has 0 radical (unpaired) electrons. The zero-order chi connectivity index (χ0) is 19.6. The molecular weight excluding hydrogens is 383 g/mol. The molecule has 5 nitrogen and oxygen atoms in total. The van der Waals surface area contributed by atoms with Crippen molar-refractivity contribution in [2.75, 3.05) is 5.32 Å². The molecule has 0 atom stereocenters. The van der Waals surface area contributed by atoms with Gasteiger partial charge in [-0.05, 0) is 29.8 Å². The van der Waals surface area contributed by atoms with Gasteiger partial charge in [0.1, 0.15) is 5.82 Å². The first-order chi connectivity index (χ1) is 12.7. The SMILES string of the molecule is CC(C)(C)c1cc(NC(=O)Cc2ccc(Cl)c(Cl)c2)n(-c2ccccn2)n1. The fourth-order valence-corrected chi connectivity index (χ4v) is 2.83. The van der Waals surface area contributed by atoms with Gasteiger partial charge in [-0.25, -0.2) is 4.98 Å². The van der Waals surface area contributed by atoms with Crippen molar-refractivity contribution >= 4 is 34.9 Å². The van der Waals surface area contributed by atoms with E-state index in [2.05, 4.69) is 36.2 Å². The zero-order valence-electron chi connectivity index (χ0n) is 15.3. The molecule has 0 fully saturated rings. The molecule has 0 bridgehead atoms. The van der Waals surface area contributed by atoms with Crippen LogP contribution in [0.15, 0.2) is 48.7 Å². The Morgan fingerprint density at radius 2 is 1.89 bits per heavy atom. The standard InChI is InChI=1S/C20H20Cl2N4O/c1-20(2,3)16-12-18(26(25-16)17-6-4-5-9-23-17)24-19(27)11-13-7-8-14(21)15(22)10-13/h4-10,12H,11H2,1-3H3,(H,24,27). The van der Waals surface area contributed by atoms with E-state index in [4.69, 9.17) is 23.2 Å².